The third-order valence-electron chi connectivity index (χ3n) is 2.98. The van der Waals surface area contributed by atoms with Gasteiger partial charge in [-0.15, -0.1) is 0 Å². The maximum absolute atomic E-state index is 11.2. The van der Waals surface area contributed by atoms with Crippen molar-refractivity contribution in [2.24, 2.45) is 0 Å². The largest absolute Gasteiger partial charge is 0.312 e. The molecular formula is C12H17NO2S. The molecule has 3 nitrogen and oxygen atoms in total. The van der Waals surface area contributed by atoms with Gasteiger partial charge in [0.25, 0.3) is 0 Å². The molecule has 0 unspecified atom stereocenters. The van der Waals surface area contributed by atoms with Crippen molar-refractivity contribution in [3.8, 4) is 0 Å². The number of aryl methyl sites for hydroxylation is 1. The Kier molecular flexibility index (Phi) is 3.30. The summed E-state index contributed by atoms with van der Waals surface area (Å²) >= 11 is 0. The van der Waals surface area contributed by atoms with E-state index in [9.17, 15) is 8.42 Å². The van der Waals surface area contributed by atoms with Crippen molar-refractivity contribution in [3.63, 3.8) is 0 Å². The van der Waals surface area contributed by atoms with E-state index in [0.29, 0.717) is 6.42 Å². The van der Waals surface area contributed by atoms with E-state index in [1.807, 2.05) is 6.07 Å². The molecule has 2 rings (SSSR count). The van der Waals surface area contributed by atoms with Crippen molar-refractivity contribution < 1.29 is 8.42 Å². The summed E-state index contributed by atoms with van der Waals surface area (Å²) in [5.74, 6) is 0.247. The average Bonchev–Trinajstić information content (AvgIpc) is 2.25. The van der Waals surface area contributed by atoms with Crippen LogP contribution in [-0.2, 0) is 29.2 Å². The van der Waals surface area contributed by atoms with Crippen LogP contribution < -0.4 is 5.32 Å². The summed E-state index contributed by atoms with van der Waals surface area (Å²) in [6, 6.07) is 6.18. The van der Waals surface area contributed by atoms with Gasteiger partial charge in [0.1, 0.15) is 9.84 Å². The van der Waals surface area contributed by atoms with Crippen molar-refractivity contribution in [3.05, 3.63) is 34.9 Å². The number of hydrogen-bond donors (Lipinski definition) is 1. The number of benzene rings is 1. The lowest BCUT2D eigenvalue weighted by molar-refractivity contribution is 0.600. The van der Waals surface area contributed by atoms with Crippen LogP contribution in [0.2, 0.25) is 0 Å². The Morgan fingerprint density at radius 1 is 1.38 bits per heavy atom. The summed E-state index contributed by atoms with van der Waals surface area (Å²) in [6.45, 7) is 1.89. The topological polar surface area (TPSA) is 46.2 Å². The Hall–Kier alpha value is -0.870. The highest BCUT2D eigenvalue weighted by Crippen LogP contribution is 2.19. The molecule has 0 amide bonds. The van der Waals surface area contributed by atoms with Crippen LogP contribution in [-0.4, -0.2) is 27.0 Å². The van der Waals surface area contributed by atoms with Crippen LogP contribution in [0, 0.1) is 0 Å². The summed E-state index contributed by atoms with van der Waals surface area (Å²) in [7, 11) is -2.86. The van der Waals surface area contributed by atoms with E-state index in [1.54, 1.807) is 0 Å². The van der Waals surface area contributed by atoms with Crippen molar-refractivity contribution in [2.45, 2.75) is 19.4 Å². The number of hydrogen-bond acceptors (Lipinski definition) is 3. The quantitative estimate of drug-likeness (QED) is 0.853. The van der Waals surface area contributed by atoms with Crippen LogP contribution in [0.4, 0.5) is 0 Å². The number of sulfone groups is 1. The highest BCUT2D eigenvalue weighted by atomic mass is 32.2. The summed E-state index contributed by atoms with van der Waals surface area (Å²) in [4.78, 5) is 0. The molecule has 0 aromatic heterocycles. The zero-order valence-corrected chi connectivity index (χ0v) is 10.3. The SMILES string of the molecule is CS(=O)(=O)CCc1cccc2c1CCNC2. The van der Waals surface area contributed by atoms with Gasteiger partial charge in [-0.2, -0.15) is 0 Å². The Morgan fingerprint density at radius 2 is 2.19 bits per heavy atom. The van der Waals surface area contributed by atoms with Gasteiger partial charge in [0.05, 0.1) is 5.75 Å². The predicted molar refractivity (Wildman–Crippen MR) is 65.3 cm³/mol. The molecule has 1 N–H and O–H groups in total. The molecule has 4 heteroatoms. The van der Waals surface area contributed by atoms with Gasteiger partial charge < -0.3 is 5.32 Å². The average molecular weight is 239 g/mol. The summed E-state index contributed by atoms with van der Waals surface area (Å²) in [5.41, 5.74) is 3.87. The standard InChI is InChI=1S/C12H17NO2S/c1-16(14,15)8-6-10-3-2-4-11-9-13-7-5-12(10)11/h2-4,13H,5-9H2,1H3. The van der Waals surface area contributed by atoms with Gasteiger partial charge in [0.2, 0.25) is 0 Å². The molecule has 1 aromatic rings. The molecule has 16 heavy (non-hydrogen) atoms. The van der Waals surface area contributed by atoms with E-state index in [-0.39, 0.29) is 5.75 Å². The monoisotopic (exact) mass is 239 g/mol. The minimum atomic E-state index is -2.86. The van der Waals surface area contributed by atoms with Gasteiger partial charge in [-0.1, -0.05) is 18.2 Å². The van der Waals surface area contributed by atoms with Crippen LogP contribution in [0.5, 0.6) is 0 Å². The Balaban J connectivity index is 2.21. The number of rotatable bonds is 3. The second kappa shape index (κ2) is 4.55. The normalized spacial score (nSPS) is 15.8. The molecule has 0 spiro atoms. The van der Waals surface area contributed by atoms with Crippen LogP contribution in [0.3, 0.4) is 0 Å². The van der Waals surface area contributed by atoms with E-state index in [0.717, 1.165) is 19.5 Å². The fourth-order valence-electron chi connectivity index (χ4n) is 2.14. The second-order valence-corrected chi connectivity index (χ2v) is 6.62. The minimum absolute atomic E-state index is 0.247. The van der Waals surface area contributed by atoms with Crippen molar-refractivity contribution in [1.29, 1.82) is 0 Å². The molecule has 88 valence electrons. The summed E-state index contributed by atoms with van der Waals surface area (Å²) in [6.07, 6.45) is 2.95. The fraction of sp³-hybridized carbons (Fsp3) is 0.500. The van der Waals surface area contributed by atoms with Gasteiger partial charge in [-0.25, -0.2) is 8.42 Å². The molecule has 0 atom stereocenters. The van der Waals surface area contributed by atoms with E-state index >= 15 is 0 Å². The molecule has 0 fully saturated rings. The van der Waals surface area contributed by atoms with Gasteiger partial charge >= 0.3 is 0 Å². The van der Waals surface area contributed by atoms with Gasteiger partial charge in [-0.05, 0) is 36.1 Å². The molecule has 1 aliphatic rings. The molecule has 0 saturated heterocycles. The number of nitrogens with one attached hydrogen (secondary N) is 1. The zero-order valence-electron chi connectivity index (χ0n) is 9.49. The molecule has 1 heterocycles. The third-order valence-corrected chi connectivity index (χ3v) is 3.93. The summed E-state index contributed by atoms with van der Waals surface area (Å²) in [5, 5.41) is 3.32. The first-order valence-corrected chi connectivity index (χ1v) is 7.60. The second-order valence-electron chi connectivity index (χ2n) is 4.36. The molecular weight excluding hydrogens is 222 g/mol. The third kappa shape index (κ3) is 2.83. The van der Waals surface area contributed by atoms with Crippen LogP contribution in [0.15, 0.2) is 18.2 Å². The first-order chi connectivity index (χ1) is 7.56. The Morgan fingerprint density at radius 3 is 2.94 bits per heavy atom. The minimum Gasteiger partial charge on any atom is -0.312 e. The lowest BCUT2D eigenvalue weighted by Crippen LogP contribution is -2.25. The maximum atomic E-state index is 11.2. The summed E-state index contributed by atoms with van der Waals surface area (Å²) < 4.78 is 22.3. The molecule has 0 bridgehead atoms. The predicted octanol–water partition coefficient (Wildman–Crippen LogP) is 0.919. The maximum Gasteiger partial charge on any atom is 0.147 e. The van der Waals surface area contributed by atoms with Gasteiger partial charge in [0, 0.05) is 12.8 Å². The molecule has 0 aliphatic carbocycles. The highest BCUT2D eigenvalue weighted by molar-refractivity contribution is 7.90. The molecule has 0 saturated carbocycles. The first-order valence-electron chi connectivity index (χ1n) is 5.54. The van der Waals surface area contributed by atoms with Crippen LogP contribution in [0.1, 0.15) is 16.7 Å². The van der Waals surface area contributed by atoms with E-state index in [4.69, 9.17) is 0 Å². The lowest BCUT2D eigenvalue weighted by Gasteiger charge is -2.20. The smallest absolute Gasteiger partial charge is 0.147 e. The zero-order chi connectivity index (χ0) is 11.6. The van der Waals surface area contributed by atoms with Crippen molar-refractivity contribution >= 4 is 9.84 Å². The first kappa shape index (κ1) is 11.6. The fourth-order valence-corrected chi connectivity index (χ4v) is 2.73. The Bertz CT molecular complexity index is 480. The van der Waals surface area contributed by atoms with Crippen LogP contribution in [0.25, 0.3) is 0 Å². The van der Waals surface area contributed by atoms with Crippen molar-refractivity contribution in [1.82, 2.24) is 5.32 Å². The van der Waals surface area contributed by atoms with Crippen molar-refractivity contribution in [2.75, 3.05) is 18.6 Å². The molecule has 1 aromatic carbocycles. The molecule has 1 aliphatic heterocycles. The van der Waals surface area contributed by atoms with E-state index < -0.39 is 9.84 Å². The van der Waals surface area contributed by atoms with Crippen LogP contribution >= 0.6 is 0 Å². The van der Waals surface area contributed by atoms with Gasteiger partial charge in [0.15, 0.2) is 0 Å². The van der Waals surface area contributed by atoms with E-state index in [1.165, 1.54) is 22.9 Å². The number of fused-ring (bicyclic) bond motifs is 1. The lowest BCUT2D eigenvalue weighted by atomic mass is 9.94. The van der Waals surface area contributed by atoms with E-state index in [2.05, 4.69) is 17.4 Å². The molecule has 0 radical (unpaired) electrons. The van der Waals surface area contributed by atoms with Gasteiger partial charge in [-0.3, -0.25) is 0 Å². The Labute approximate surface area is 96.8 Å². The highest BCUT2D eigenvalue weighted by Gasteiger charge is 2.13.